The molecule has 1 heterocycles. The Balaban J connectivity index is 1.65. The Kier molecular flexibility index (Phi) is 2.70. The lowest BCUT2D eigenvalue weighted by atomic mass is 10.1. The lowest BCUT2D eigenvalue weighted by molar-refractivity contribution is 0.151. The molecule has 0 aromatic heterocycles. The molecule has 94 valence electrons. The van der Waals surface area contributed by atoms with Crippen LogP contribution in [0.25, 0.3) is 0 Å². The van der Waals surface area contributed by atoms with E-state index in [1.807, 2.05) is 30.3 Å². The summed E-state index contributed by atoms with van der Waals surface area (Å²) in [4.78, 5) is 12.3. The fourth-order valence-electron chi connectivity index (χ4n) is 2.70. The van der Waals surface area contributed by atoms with Crippen molar-refractivity contribution in [1.82, 2.24) is 4.90 Å². The van der Waals surface area contributed by atoms with E-state index in [2.05, 4.69) is 6.08 Å². The molecule has 1 aromatic carbocycles. The van der Waals surface area contributed by atoms with Crippen molar-refractivity contribution in [3.8, 4) is 5.75 Å². The zero-order valence-electron chi connectivity index (χ0n) is 9.95. The van der Waals surface area contributed by atoms with Gasteiger partial charge in [0, 0.05) is 19.0 Å². The van der Waals surface area contributed by atoms with Crippen molar-refractivity contribution in [3.63, 3.8) is 0 Å². The molecule has 4 heteroatoms. The van der Waals surface area contributed by atoms with Gasteiger partial charge in [-0.1, -0.05) is 18.2 Å². The van der Waals surface area contributed by atoms with Crippen molar-refractivity contribution >= 4 is 6.09 Å². The van der Waals surface area contributed by atoms with Gasteiger partial charge in [0.05, 0.1) is 0 Å². The quantitative estimate of drug-likeness (QED) is 0.814. The van der Waals surface area contributed by atoms with Crippen LogP contribution in [-0.4, -0.2) is 35.3 Å². The van der Waals surface area contributed by atoms with Gasteiger partial charge in [-0.05, 0) is 30.2 Å². The first-order chi connectivity index (χ1) is 8.72. The Morgan fingerprint density at radius 3 is 2.78 bits per heavy atom. The number of amides is 1. The molecule has 0 bridgehead atoms. The van der Waals surface area contributed by atoms with E-state index in [1.165, 1.54) is 10.5 Å². The fraction of sp³-hybridized carbons (Fsp3) is 0.357. The molecular weight excluding hydrogens is 230 g/mol. The molecule has 1 aliphatic carbocycles. The number of carboxylic acid groups (broad SMARTS) is 1. The molecule has 2 atom stereocenters. The fourth-order valence-corrected chi connectivity index (χ4v) is 2.70. The van der Waals surface area contributed by atoms with Crippen molar-refractivity contribution in [2.24, 2.45) is 5.92 Å². The van der Waals surface area contributed by atoms with E-state index in [0.717, 1.165) is 12.2 Å². The largest absolute Gasteiger partial charge is 0.486 e. The summed E-state index contributed by atoms with van der Waals surface area (Å²) in [5.41, 5.74) is 1.21. The van der Waals surface area contributed by atoms with Crippen LogP contribution in [0.1, 0.15) is 6.42 Å². The lowest BCUT2D eigenvalue weighted by Crippen LogP contribution is -2.28. The maximum absolute atomic E-state index is 10.9. The first kappa shape index (κ1) is 11.1. The molecule has 18 heavy (non-hydrogen) atoms. The smallest absolute Gasteiger partial charge is 0.407 e. The topological polar surface area (TPSA) is 49.8 Å². The van der Waals surface area contributed by atoms with Gasteiger partial charge in [0.1, 0.15) is 11.9 Å². The Hall–Kier alpha value is -1.97. The first-order valence-electron chi connectivity index (χ1n) is 6.12. The van der Waals surface area contributed by atoms with E-state index < -0.39 is 6.09 Å². The number of ether oxygens (including phenoxy) is 1. The highest BCUT2D eigenvalue weighted by atomic mass is 16.5. The van der Waals surface area contributed by atoms with Gasteiger partial charge in [0.15, 0.2) is 0 Å². The number of para-hydroxylation sites is 1. The van der Waals surface area contributed by atoms with Crippen molar-refractivity contribution in [1.29, 1.82) is 0 Å². The van der Waals surface area contributed by atoms with Gasteiger partial charge in [-0.15, -0.1) is 0 Å². The maximum Gasteiger partial charge on any atom is 0.407 e. The Morgan fingerprint density at radius 1 is 1.33 bits per heavy atom. The first-order valence-corrected chi connectivity index (χ1v) is 6.12. The maximum atomic E-state index is 10.9. The second-order valence-electron chi connectivity index (χ2n) is 4.81. The number of hydrogen-bond acceptors (Lipinski definition) is 2. The molecule has 1 aromatic rings. The van der Waals surface area contributed by atoms with E-state index in [4.69, 9.17) is 9.84 Å². The zero-order chi connectivity index (χ0) is 12.5. The molecule has 0 saturated carbocycles. The van der Waals surface area contributed by atoms with E-state index in [0.29, 0.717) is 19.0 Å². The van der Waals surface area contributed by atoms with Crippen LogP contribution in [0, 0.1) is 5.92 Å². The second kappa shape index (κ2) is 4.37. The number of rotatable bonds is 2. The highest BCUT2D eigenvalue weighted by Gasteiger charge is 2.36. The van der Waals surface area contributed by atoms with Crippen LogP contribution in [-0.2, 0) is 0 Å². The molecule has 3 rings (SSSR count). The molecule has 1 N–H and O–H groups in total. The number of fused-ring (bicyclic) bond motifs is 1. The van der Waals surface area contributed by atoms with Gasteiger partial charge < -0.3 is 14.7 Å². The summed E-state index contributed by atoms with van der Waals surface area (Å²) < 4.78 is 5.87. The highest BCUT2D eigenvalue weighted by molar-refractivity contribution is 5.66. The summed E-state index contributed by atoms with van der Waals surface area (Å²) in [5.74, 6) is 1.21. The third-order valence-corrected chi connectivity index (χ3v) is 3.56. The van der Waals surface area contributed by atoms with Crippen molar-refractivity contribution in [2.75, 3.05) is 13.1 Å². The van der Waals surface area contributed by atoms with Gasteiger partial charge in [0.25, 0.3) is 0 Å². The number of likely N-dealkylation sites (tertiary alicyclic amines) is 1. The van der Waals surface area contributed by atoms with Crippen LogP contribution in [0.4, 0.5) is 4.79 Å². The molecule has 0 unspecified atom stereocenters. The molecule has 1 saturated heterocycles. The lowest BCUT2D eigenvalue weighted by Gasteiger charge is -2.16. The minimum atomic E-state index is -0.828. The van der Waals surface area contributed by atoms with Crippen LogP contribution in [0.5, 0.6) is 5.75 Å². The molecule has 2 aliphatic rings. The second-order valence-corrected chi connectivity index (χ2v) is 4.81. The third-order valence-electron chi connectivity index (χ3n) is 3.56. The average molecular weight is 245 g/mol. The summed E-state index contributed by atoms with van der Waals surface area (Å²) in [7, 11) is 0. The van der Waals surface area contributed by atoms with Gasteiger partial charge in [-0.2, -0.15) is 0 Å². The Morgan fingerprint density at radius 2 is 2.11 bits per heavy atom. The van der Waals surface area contributed by atoms with E-state index >= 15 is 0 Å². The minimum absolute atomic E-state index is 0.0864. The summed E-state index contributed by atoms with van der Waals surface area (Å²) in [6, 6.07) is 9.74. The number of nitrogens with zero attached hydrogens (tertiary/aromatic N) is 1. The summed E-state index contributed by atoms with van der Waals surface area (Å²) >= 11 is 0. The molecule has 1 fully saturated rings. The molecule has 0 radical (unpaired) electrons. The predicted octanol–water partition coefficient (Wildman–Crippen LogP) is 2.37. The molecular formula is C14H15NO3. The van der Waals surface area contributed by atoms with Crippen molar-refractivity contribution < 1.29 is 14.6 Å². The molecule has 1 amide bonds. The summed E-state index contributed by atoms with van der Waals surface area (Å²) in [6.07, 6.45) is 2.23. The van der Waals surface area contributed by atoms with E-state index in [-0.39, 0.29) is 6.10 Å². The standard InChI is InChI=1S/C14H15NO3/c16-14(17)15-8-10-6-13(7-11(10)9-15)18-12-4-2-1-3-5-12/h1-6,11,13H,7-9H2,(H,16,17)/t11-,13-/m0/s1. The van der Waals surface area contributed by atoms with Crippen LogP contribution < -0.4 is 4.74 Å². The van der Waals surface area contributed by atoms with Crippen LogP contribution >= 0.6 is 0 Å². The minimum Gasteiger partial charge on any atom is -0.486 e. The van der Waals surface area contributed by atoms with Crippen molar-refractivity contribution in [3.05, 3.63) is 42.0 Å². The third kappa shape index (κ3) is 2.06. The van der Waals surface area contributed by atoms with Crippen LogP contribution in [0.15, 0.2) is 42.0 Å². The zero-order valence-corrected chi connectivity index (χ0v) is 9.95. The number of benzene rings is 1. The summed E-state index contributed by atoms with van der Waals surface area (Å²) in [5, 5.41) is 8.94. The molecule has 1 aliphatic heterocycles. The van der Waals surface area contributed by atoms with Gasteiger partial charge in [0.2, 0.25) is 0 Å². The predicted molar refractivity (Wildman–Crippen MR) is 66.6 cm³/mol. The number of carbonyl (C=O) groups is 1. The average Bonchev–Trinajstić information content (AvgIpc) is 2.88. The Bertz CT molecular complexity index is 483. The summed E-state index contributed by atoms with van der Waals surface area (Å²) in [6.45, 7) is 1.14. The van der Waals surface area contributed by atoms with Crippen molar-refractivity contribution in [2.45, 2.75) is 12.5 Å². The van der Waals surface area contributed by atoms with Crippen LogP contribution in [0.2, 0.25) is 0 Å². The van der Waals surface area contributed by atoms with Crippen LogP contribution in [0.3, 0.4) is 0 Å². The van der Waals surface area contributed by atoms with E-state index in [9.17, 15) is 4.79 Å². The molecule has 4 nitrogen and oxygen atoms in total. The molecule has 0 spiro atoms. The number of hydrogen-bond donors (Lipinski definition) is 1. The van der Waals surface area contributed by atoms with Gasteiger partial charge in [-0.3, -0.25) is 0 Å². The van der Waals surface area contributed by atoms with Gasteiger partial charge in [-0.25, -0.2) is 4.79 Å². The van der Waals surface area contributed by atoms with E-state index in [1.54, 1.807) is 0 Å². The van der Waals surface area contributed by atoms with Gasteiger partial charge >= 0.3 is 6.09 Å². The highest BCUT2D eigenvalue weighted by Crippen LogP contribution is 2.34. The SMILES string of the molecule is O=C(O)N1CC2=C[C@H](Oc3ccccc3)C[C@H]2C1. The normalized spacial score (nSPS) is 25.8. The Labute approximate surface area is 105 Å². The monoisotopic (exact) mass is 245 g/mol.